The highest BCUT2D eigenvalue weighted by atomic mass is 16.5. The summed E-state index contributed by atoms with van der Waals surface area (Å²) in [4.78, 5) is 24.6. The standard InChI is InChI=1S/C17H16N2O5/c1-22-12-6-4-11(5-7-12)13-8-17(14(20)23-2,15(21)24-3)16(13,9-18)10-19/h4-7,13H,8H2,1-3H3. The second-order valence-electron chi connectivity index (χ2n) is 5.45. The van der Waals surface area contributed by atoms with Crippen molar-refractivity contribution in [1.29, 1.82) is 10.5 Å². The average molecular weight is 328 g/mol. The number of hydrogen-bond donors (Lipinski definition) is 0. The third-order valence-electron chi connectivity index (χ3n) is 4.64. The van der Waals surface area contributed by atoms with E-state index in [0.717, 1.165) is 14.2 Å². The van der Waals surface area contributed by atoms with Gasteiger partial charge >= 0.3 is 11.9 Å². The molecule has 1 saturated carbocycles. The minimum atomic E-state index is -1.95. The molecule has 0 aliphatic heterocycles. The predicted octanol–water partition coefficient (Wildman–Crippen LogP) is 1.55. The molecule has 1 aromatic rings. The fourth-order valence-corrected chi connectivity index (χ4v) is 3.28. The molecular weight excluding hydrogens is 312 g/mol. The second-order valence-corrected chi connectivity index (χ2v) is 5.45. The van der Waals surface area contributed by atoms with E-state index < -0.39 is 28.7 Å². The average Bonchev–Trinajstić information content (AvgIpc) is 2.62. The van der Waals surface area contributed by atoms with Crippen LogP contribution < -0.4 is 4.74 Å². The zero-order valence-corrected chi connectivity index (χ0v) is 13.5. The number of carbonyl (C=O) groups is 2. The van der Waals surface area contributed by atoms with Crippen LogP contribution in [0.3, 0.4) is 0 Å². The van der Waals surface area contributed by atoms with E-state index in [4.69, 9.17) is 14.2 Å². The first-order valence-corrected chi connectivity index (χ1v) is 7.10. The summed E-state index contributed by atoms with van der Waals surface area (Å²) in [6, 6.07) is 10.5. The smallest absolute Gasteiger partial charge is 0.326 e. The highest BCUT2D eigenvalue weighted by Crippen LogP contribution is 2.65. The second kappa shape index (κ2) is 6.21. The van der Waals surface area contributed by atoms with E-state index >= 15 is 0 Å². The Labute approximate surface area is 139 Å². The molecule has 0 bridgehead atoms. The molecule has 0 heterocycles. The van der Waals surface area contributed by atoms with Crippen LogP contribution in [-0.2, 0) is 19.1 Å². The Hall–Kier alpha value is -3.06. The Morgan fingerprint density at radius 2 is 1.54 bits per heavy atom. The number of hydrogen-bond acceptors (Lipinski definition) is 7. The number of nitriles is 2. The molecule has 124 valence electrons. The van der Waals surface area contributed by atoms with E-state index in [-0.39, 0.29) is 6.42 Å². The van der Waals surface area contributed by atoms with Gasteiger partial charge in [-0.2, -0.15) is 10.5 Å². The van der Waals surface area contributed by atoms with Gasteiger partial charge in [0.05, 0.1) is 33.5 Å². The molecule has 0 aromatic heterocycles. The first-order valence-electron chi connectivity index (χ1n) is 7.10. The van der Waals surface area contributed by atoms with Crippen LogP contribution in [0.5, 0.6) is 5.75 Å². The zero-order valence-electron chi connectivity index (χ0n) is 13.5. The van der Waals surface area contributed by atoms with Gasteiger partial charge in [0, 0.05) is 5.92 Å². The topological polar surface area (TPSA) is 109 Å². The van der Waals surface area contributed by atoms with Crippen LogP contribution in [-0.4, -0.2) is 33.3 Å². The maximum Gasteiger partial charge on any atom is 0.326 e. The summed E-state index contributed by atoms with van der Waals surface area (Å²) in [6.45, 7) is 0. The van der Waals surface area contributed by atoms with E-state index in [1.165, 1.54) is 7.11 Å². The molecule has 1 aliphatic rings. The van der Waals surface area contributed by atoms with Crippen LogP contribution >= 0.6 is 0 Å². The van der Waals surface area contributed by atoms with Crippen molar-refractivity contribution >= 4 is 11.9 Å². The highest BCUT2D eigenvalue weighted by Gasteiger charge is 2.77. The summed E-state index contributed by atoms with van der Waals surface area (Å²) >= 11 is 0. The van der Waals surface area contributed by atoms with Gasteiger partial charge in [0.2, 0.25) is 0 Å². The highest BCUT2D eigenvalue weighted by molar-refractivity contribution is 6.04. The lowest BCUT2D eigenvalue weighted by Gasteiger charge is -2.52. The van der Waals surface area contributed by atoms with Gasteiger partial charge in [-0.05, 0) is 24.1 Å². The van der Waals surface area contributed by atoms with E-state index in [1.807, 2.05) is 12.1 Å². The van der Waals surface area contributed by atoms with Gasteiger partial charge < -0.3 is 14.2 Å². The molecule has 1 atom stereocenters. The third kappa shape index (κ3) is 2.02. The van der Waals surface area contributed by atoms with Gasteiger partial charge in [-0.25, -0.2) is 0 Å². The molecule has 0 saturated heterocycles. The van der Waals surface area contributed by atoms with Crippen molar-refractivity contribution < 1.29 is 23.8 Å². The summed E-state index contributed by atoms with van der Waals surface area (Å²) in [5.74, 6) is -1.90. The number of ether oxygens (including phenoxy) is 3. The molecule has 1 aliphatic carbocycles. The number of esters is 2. The molecule has 0 spiro atoms. The van der Waals surface area contributed by atoms with Crippen LogP contribution in [0.2, 0.25) is 0 Å². The lowest BCUT2D eigenvalue weighted by molar-refractivity contribution is -0.188. The Morgan fingerprint density at radius 1 is 1.04 bits per heavy atom. The monoisotopic (exact) mass is 328 g/mol. The molecule has 1 aromatic carbocycles. The zero-order chi connectivity index (χ0) is 18.0. The Balaban J connectivity index is 2.55. The van der Waals surface area contributed by atoms with Crippen molar-refractivity contribution in [2.45, 2.75) is 12.3 Å². The van der Waals surface area contributed by atoms with Crippen LogP contribution in [0.15, 0.2) is 24.3 Å². The van der Waals surface area contributed by atoms with Crippen molar-refractivity contribution in [3.63, 3.8) is 0 Å². The number of methoxy groups -OCH3 is 3. The summed E-state index contributed by atoms with van der Waals surface area (Å²) in [6.07, 6.45) is -0.0419. The van der Waals surface area contributed by atoms with E-state index in [2.05, 4.69) is 0 Å². The van der Waals surface area contributed by atoms with Crippen LogP contribution in [0.4, 0.5) is 0 Å². The van der Waals surface area contributed by atoms with Crippen LogP contribution in [0.1, 0.15) is 17.9 Å². The summed E-state index contributed by atoms with van der Waals surface area (Å²) in [5, 5.41) is 19.4. The summed E-state index contributed by atoms with van der Waals surface area (Å²) < 4.78 is 14.5. The number of carbonyl (C=O) groups excluding carboxylic acids is 2. The third-order valence-corrected chi connectivity index (χ3v) is 4.64. The summed E-state index contributed by atoms with van der Waals surface area (Å²) in [5.41, 5.74) is -3.20. The van der Waals surface area contributed by atoms with Crippen molar-refractivity contribution in [1.82, 2.24) is 0 Å². The minimum absolute atomic E-state index is 0.0419. The van der Waals surface area contributed by atoms with Crippen molar-refractivity contribution in [2.24, 2.45) is 10.8 Å². The normalized spacial score (nSPS) is 19.8. The van der Waals surface area contributed by atoms with Crippen molar-refractivity contribution in [2.75, 3.05) is 21.3 Å². The van der Waals surface area contributed by atoms with E-state index in [1.54, 1.807) is 24.3 Å². The largest absolute Gasteiger partial charge is 0.497 e. The number of nitrogens with zero attached hydrogens (tertiary/aromatic N) is 2. The Kier molecular flexibility index (Phi) is 4.48. The molecular formula is C17H16N2O5. The molecule has 2 rings (SSSR count). The molecule has 1 fully saturated rings. The predicted molar refractivity (Wildman–Crippen MR) is 80.5 cm³/mol. The van der Waals surface area contributed by atoms with E-state index in [0.29, 0.717) is 11.3 Å². The fourth-order valence-electron chi connectivity index (χ4n) is 3.28. The van der Waals surface area contributed by atoms with Gasteiger partial charge in [-0.3, -0.25) is 9.59 Å². The maximum atomic E-state index is 12.3. The lowest BCUT2D eigenvalue weighted by Crippen LogP contribution is -2.64. The van der Waals surface area contributed by atoms with Crippen LogP contribution in [0.25, 0.3) is 0 Å². The van der Waals surface area contributed by atoms with Gasteiger partial charge in [0.1, 0.15) is 5.75 Å². The Bertz CT molecular complexity index is 712. The van der Waals surface area contributed by atoms with Gasteiger partial charge in [-0.15, -0.1) is 0 Å². The van der Waals surface area contributed by atoms with Crippen molar-refractivity contribution in [3.05, 3.63) is 29.8 Å². The SMILES string of the molecule is COC(=O)C1(C(=O)OC)CC(c2ccc(OC)cc2)C1(C#N)C#N. The number of rotatable bonds is 4. The van der Waals surface area contributed by atoms with Gasteiger partial charge in [0.15, 0.2) is 10.8 Å². The lowest BCUT2D eigenvalue weighted by atomic mass is 9.43. The molecule has 7 heteroatoms. The summed E-state index contributed by atoms with van der Waals surface area (Å²) in [7, 11) is 3.73. The Morgan fingerprint density at radius 3 is 1.92 bits per heavy atom. The quantitative estimate of drug-likeness (QED) is 0.609. The molecule has 0 N–H and O–H groups in total. The van der Waals surface area contributed by atoms with Gasteiger partial charge in [0.25, 0.3) is 0 Å². The van der Waals surface area contributed by atoms with Crippen LogP contribution in [0, 0.1) is 33.5 Å². The fraction of sp³-hybridized carbons (Fsp3) is 0.412. The minimum Gasteiger partial charge on any atom is -0.497 e. The molecule has 0 amide bonds. The molecule has 7 nitrogen and oxygen atoms in total. The van der Waals surface area contributed by atoms with Crippen molar-refractivity contribution in [3.8, 4) is 17.9 Å². The first kappa shape index (κ1) is 17.3. The molecule has 0 radical (unpaired) electrons. The van der Waals surface area contributed by atoms with Gasteiger partial charge in [-0.1, -0.05) is 12.1 Å². The first-order chi connectivity index (χ1) is 11.5. The van der Waals surface area contributed by atoms with E-state index in [9.17, 15) is 20.1 Å². The molecule has 1 unspecified atom stereocenters. The number of benzene rings is 1. The molecule has 24 heavy (non-hydrogen) atoms. The maximum absolute atomic E-state index is 12.3.